The summed E-state index contributed by atoms with van der Waals surface area (Å²) >= 11 is 0. The Morgan fingerprint density at radius 2 is 1.54 bits per heavy atom. The van der Waals surface area contributed by atoms with Crippen LogP contribution in [0.5, 0.6) is 5.75 Å². The number of pyridine rings is 1. The van der Waals surface area contributed by atoms with Crippen LogP contribution in [-0.4, -0.2) is 16.9 Å². The third-order valence-corrected chi connectivity index (χ3v) is 4.22. The molecule has 1 N–H and O–H groups in total. The highest BCUT2D eigenvalue weighted by Gasteiger charge is 2.15. The van der Waals surface area contributed by atoms with Crippen LogP contribution in [0, 0.1) is 0 Å². The van der Waals surface area contributed by atoms with E-state index >= 15 is 0 Å². The normalized spacial score (nSPS) is 10.4. The van der Waals surface area contributed by atoms with Crippen LogP contribution in [-0.2, 0) is 0 Å². The van der Waals surface area contributed by atoms with Gasteiger partial charge in [0.15, 0.2) is 0 Å². The summed E-state index contributed by atoms with van der Waals surface area (Å²) in [5.74, 6) is -0.417. The zero-order valence-electron chi connectivity index (χ0n) is 14.8. The molecule has 0 aliphatic heterocycles. The topological polar surface area (TPSA) is 68.3 Å². The van der Waals surface area contributed by atoms with Crippen molar-refractivity contribution < 1.29 is 14.3 Å². The van der Waals surface area contributed by atoms with Gasteiger partial charge in [0.2, 0.25) is 0 Å². The summed E-state index contributed by atoms with van der Waals surface area (Å²) in [6, 6.07) is 24.8. The van der Waals surface area contributed by atoms with Crippen LogP contribution in [0.4, 0.5) is 5.69 Å². The average molecular weight is 368 g/mol. The molecule has 136 valence electrons. The van der Waals surface area contributed by atoms with Gasteiger partial charge in [0, 0.05) is 11.6 Å². The number of ether oxygens (including phenoxy) is 1. The Morgan fingerprint density at radius 3 is 2.29 bits per heavy atom. The van der Waals surface area contributed by atoms with E-state index in [2.05, 4.69) is 10.3 Å². The predicted molar refractivity (Wildman–Crippen MR) is 108 cm³/mol. The van der Waals surface area contributed by atoms with Crippen molar-refractivity contribution in [2.45, 2.75) is 0 Å². The summed E-state index contributed by atoms with van der Waals surface area (Å²) in [5.41, 5.74) is 1.30. The second kappa shape index (κ2) is 7.72. The molecule has 0 saturated heterocycles. The largest absolute Gasteiger partial charge is 0.422 e. The number of amides is 1. The van der Waals surface area contributed by atoms with Crippen LogP contribution < -0.4 is 10.1 Å². The lowest BCUT2D eigenvalue weighted by molar-refractivity contribution is 0.0737. The summed E-state index contributed by atoms with van der Waals surface area (Å²) in [6.07, 6.45) is 1.56. The number of hydrogen-bond acceptors (Lipinski definition) is 4. The quantitative estimate of drug-likeness (QED) is 0.418. The lowest BCUT2D eigenvalue weighted by atomic mass is 10.1. The Hall–Kier alpha value is -3.99. The first kappa shape index (κ1) is 17.4. The van der Waals surface area contributed by atoms with Crippen molar-refractivity contribution in [2.75, 3.05) is 5.32 Å². The van der Waals surface area contributed by atoms with Crippen LogP contribution in [0.25, 0.3) is 10.8 Å². The van der Waals surface area contributed by atoms with Crippen molar-refractivity contribution in [3.05, 3.63) is 102 Å². The molecule has 0 fully saturated rings. The van der Waals surface area contributed by atoms with E-state index in [4.69, 9.17) is 4.74 Å². The molecule has 1 heterocycles. The number of carbonyl (C=O) groups is 2. The number of rotatable bonds is 4. The van der Waals surface area contributed by atoms with E-state index in [1.165, 1.54) is 0 Å². The molecule has 1 amide bonds. The summed E-state index contributed by atoms with van der Waals surface area (Å²) in [7, 11) is 0. The number of nitrogens with zero attached hydrogens (tertiary/aromatic N) is 1. The standard InChI is InChI=1S/C23H16N2O3/c26-22(19-12-4-5-15-24-19)25-18-13-6-10-16-11-7-14-20(21(16)18)28-23(27)17-8-2-1-3-9-17/h1-15H,(H,25,26). The smallest absolute Gasteiger partial charge is 0.343 e. The van der Waals surface area contributed by atoms with Gasteiger partial charge in [-0.25, -0.2) is 4.79 Å². The molecule has 0 unspecified atom stereocenters. The highest BCUT2D eigenvalue weighted by atomic mass is 16.5. The Bertz CT molecular complexity index is 1050. The van der Waals surface area contributed by atoms with E-state index in [0.717, 1.165) is 5.39 Å². The minimum absolute atomic E-state index is 0.304. The van der Waals surface area contributed by atoms with Gasteiger partial charge < -0.3 is 10.1 Å². The maximum atomic E-state index is 12.5. The molecule has 28 heavy (non-hydrogen) atoms. The molecule has 1 aromatic heterocycles. The van der Waals surface area contributed by atoms with Crippen molar-refractivity contribution in [3.8, 4) is 5.75 Å². The van der Waals surface area contributed by atoms with E-state index in [-0.39, 0.29) is 5.91 Å². The van der Waals surface area contributed by atoms with E-state index in [0.29, 0.717) is 28.1 Å². The molecule has 0 atom stereocenters. The fourth-order valence-electron chi connectivity index (χ4n) is 2.91. The van der Waals surface area contributed by atoms with Gasteiger partial charge >= 0.3 is 5.97 Å². The molecule has 0 aliphatic carbocycles. The first-order chi connectivity index (χ1) is 13.7. The zero-order valence-corrected chi connectivity index (χ0v) is 14.8. The van der Waals surface area contributed by atoms with E-state index in [1.807, 2.05) is 24.3 Å². The number of aromatic nitrogens is 1. The Morgan fingerprint density at radius 1 is 0.786 bits per heavy atom. The molecule has 0 spiro atoms. The maximum Gasteiger partial charge on any atom is 0.343 e. The minimum Gasteiger partial charge on any atom is -0.422 e. The van der Waals surface area contributed by atoms with Crippen LogP contribution in [0.3, 0.4) is 0 Å². The minimum atomic E-state index is -0.459. The summed E-state index contributed by atoms with van der Waals surface area (Å²) < 4.78 is 5.64. The van der Waals surface area contributed by atoms with Crippen molar-refractivity contribution in [3.63, 3.8) is 0 Å². The van der Waals surface area contributed by atoms with Crippen LogP contribution in [0.1, 0.15) is 20.8 Å². The fourth-order valence-corrected chi connectivity index (χ4v) is 2.91. The molecular formula is C23H16N2O3. The lowest BCUT2D eigenvalue weighted by Crippen LogP contribution is -2.14. The van der Waals surface area contributed by atoms with Crippen LogP contribution in [0.2, 0.25) is 0 Å². The zero-order chi connectivity index (χ0) is 19.3. The summed E-state index contributed by atoms with van der Waals surface area (Å²) in [5, 5.41) is 4.36. The molecule has 5 nitrogen and oxygen atoms in total. The van der Waals surface area contributed by atoms with Gasteiger partial charge in [-0.05, 0) is 41.8 Å². The van der Waals surface area contributed by atoms with Gasteiger partial charge in [0.05, 0.1) is 11.3 Å². The highest BCUT2D eigenvalue weighted by Crippen LogP contribution is 2.33. The molecule has 4 rings (SSSR count). The number of hydrogen-bond donors (Lipinski definition) is 1. The van der Waals surface area contributed by atoms with Gasteiger partial charge in [-0.1, -0.05) is 48.5 Å². The number of esters is 1. The van der Waals surface area contributed by atoms with E-state index < -0.39 is 5.97 Å². The third kappa shape index (κ3) is 3.59. The second-order valence-electron chi connectivity index (χ2n) is 6.08. The van der Waals surface area contributed by atoms with Gasteiger partial charge in [-0.15, -0.1) is 0 Å². The Balaban J connectivity index is 1.70. The van der Waals surface area contributed by atoms with E-state index in [9.17, 15) is 9.59 Å². The maximum absolute atomic E-state index is 12.5. The molecule has 3 aromatic carbocycles. The summed E-state index contributed by atoms with van der Waals surface area (Å²) in [6.45, 7) is 0. The molecule has 0 radical (unpaired) electrons. The second-order valence-corrected chi connectivity index (χ2v) is 6.08. The van der Waals surface area contributed by atoms with Crippen molar-refractivity contribution in [1.82, 2.24) is 4.98 Å². The van der Waals surface area contributed by atoms with E-state index in [1.54, 1.807) is 66.9 Å². The van der Waals surface area contributed by atoms with Crippen LogP contribution >= 0.6 is 0 Å². The lowest BCUT2D eigenvalue weighted by Gasteiger charge is -2.13. The Kier molecular flexibility index (Phi) is 4.80. The third-order valence-electron chi connectivity index (χ3n) is 4.22. The van der Waals surface area contributed by atoms with Gasteiger partial charge in [0.25, 0.3) is 5.91 Å². The van der Waals surface area contributed by atoms with Crippen molar-refractivity contribution in [2.24, 2.45) is 0 Å². The molecule has 0 saturated carbocycles. The Labute approximate surface area is 161 Å². The summed E-state index contributed by atoms with van der Waals surface area (Å²) in [4.78, 5) is 29.1. The predicted octanol–water partition coefficient (Wildman–Crippen LogP) is 4.71. The highest BCUT2D eigenvalue weighted by molar-refractivity contribution is 6.10. The van der Waals surface area contributed by atoms with Gasteiger partial charge in [-0.3, -0.25) is 9.78 Å². The average Bonchev–Trinajstić information content (AvgIpc) is 2.75. The number of carbonyl (C=O) groups excluding carboxylic acids is 2. The molecular weight excluding hydrogens is 352 g/mol. The number of benzene rings is 3. The molecule has 5 heteroatoms. The number of nitrogens with one attached hydrogen (secondary N) is 1. The number of anilines is 1. The first-order valence-electron chi connectivity index (χ1n) is 8.74. The SMILES string of the molecule is O=C(Oc1cccc2cccc(NC(=O)c3ccccn3)c12)c1ccccc1. The van der Waals surface area contributed by atoms with Gasteiger partial charge in [0.1, 0.15) is 11.4 Å². The van der Waals surface area contributed by atoms with Crippen molar-refractivity contribution >= 4 is 28.3 Å². The van der Waals surface area contributed by atoms with Gasteiger partial charge in [-0.2, -0.15) is 0 Å². The first-order valence-corrected chi connectivity index (χ1v) is 8.74. The number of fused-ring (bicyclic) bond motifs is 1. The van der Waals surface area contributed by atoms with Crippen molar-refractivity contribution in [1.29, 1.82) is 0 Å². The fraction of sp³-hybridized carbons (Fsp3) is 0. The molecule has 4 aromatic rings. The van der Waals surface area contributed by atoms with Crippen LogP contribution in [0.15, 0.2) is 91.1 Å². The monoisotopic (exact) mass is 368 g/mol. The molecule has 0 aliphatic rings. The molecule has 0 bridgehead atoms.